The van der Waals surface area contributed by atoms with E-state index in [1.807, 2.05) is 30.3 Å². The van der Waals surface area contributed by atoms with E-state index in [0.29, 0.717) is 11.1 Å². The molecule has 0 aliphatic rings. The minimum atomic E-state index is 0.477. The van der Waals surface area contributed by atoms with E-state index in [-0.39, 0.29) is 0 Å². The Bertz CT molecular complexity index is 2060. The quantitative estimate of drug-likeness (QED) is 0.254. The summed E-state index contributed by atoms with van der Waals surface area (Å²) in [6, 6.07) is 43.4. The van der Waals surface area contributed by atoms with Crippen molar-refractivity contribution in [3.63, 3.8) is 0 Å². The van der Waals surface area contributed by atoms with E-state index < -0.39 is 0 Å². The van der Waals surface area contributed by atoms with E-state index >= 15 is 0 Å². The van der Waals surface area contributed by atoms with Crippen molar-refractivity contribution in [1.29, 1.82) is 10.5 Å². The number of hydrogen-bond donors (Lipinski definition) is 0. The maximum absolute atomic E-state index is 9.49. The van der Waals surface area contributed by atoms with Gasteiger partial charge in [0.1, 0.15) is 0 Å². The van der Waals surface area contributed by atoms with Gasteiger partial charge in [-0.15, -0.1) is 0 Å². The molecule has 0 fully saturated rings. The van der Waals surface area contributed by atoms with Crippen LogP contribution >= 0.6 is 0 Å². The second-order valence-electron chi connectivity index (χ2n) is 9.34. The first-order chi connectivity index (χ1) is 18.7. The molecule has 4 nitrogen and oxygen atoms in total. The Kier molecular flexibility index (Phi) is 4.86. The number of fused-ring (bicyclic) bond motifs is 5. The van der Waals surface area contributed by atoms with Gasteiger partial charge in [0.15, 0.2) is 0 Å². The molecular formula is C34H20N4. The summed E-state index contributed by atoms with van der Waals surface area (Å²) in [6.45, 7) is 0. The maximum atomic E-state index is 9.49. The minimum absolute atomic E-state index is 0.477. The van der Waals surface area contributed by atoms with Gasteiger partial charge in [-0.05, 0) is 71.8 Å². The number of para-hydroxylation sites is 2. The highest BCUT2D eigenvalue weighted by Gasteiger charge is 2.17. The van der Waals surface area contributed by atoms with Crippen molar-refractivity contribution in [2.75, 3.05) is 0 Å². The molecule has 0 aliphatic carbocycles. The molecule has 0 saturated heterocycles. The van der Waals surface area contributed by atoms with Crippen LogP contribution in [0.25, 0.3) is 55.2 Å². The lowest BCUT2D eigenvalue weighted by Crippen LogP contribution is -1.96. The van der Waals surface area contributed by atoms with Crippen molar-refractivity contribution in [1.82, 2.24) is 9.13 Å². The molecule has 38 heavy (non-hydrogen) atoms. The molecule has 0 atom stereocenters. The molecule has 7 rings (SSSR count). The van der Waals surface area contributed by atoms with Gasteiger partial charge in [0.2, 0.25) is 0 Å². The fourth-order valence-corrected chi connectivity index (χ4v) is 5.51. The maximum Gasteiger partial charge on any atom is 0.0992 e. The van der Waals surface area contributed by atoms with Crippen LogP contribution in [0.3, 0.4) is 0 Å². The Labute approximate surface area is 219 Å². The predicted octanol–water partition coefficient (Wildman–Crippen LogP) is 8.14. The molecule has 2 aromatic heterocycles. The first kappa shape index (κ1) is 21.7. The number of benzene rings is 5. The molecule has 5 aromatic carbocycles. The van der Waals surface area contributed by atoms with Gasteiger partial charge in [-0.2, -0.15) is 10.5 Å². The van der Waals surface area contributed by atoms with Gasteiger partial charge < -0.3 is 9.13 Å². The first-order valence-corrected chi connectivity index (χ1v) is 12.4. The van der Waals surface area contributed by atoms with Crippen molar-refractivity contribution in [2.24, 2.45) is 0 Å². The molecule has 0 spiro atoms. The van der Waals surface area contributed by atoms with E-state index in [2.05, 4.69) is 106 Å². The van der Waals surface area contributed by atoms with E-state index in [1.54, 1.807) is 6.07 Å². The van der Waals surface area contributed by atoms with E-state index in [9.17, 15) is 10.5 Å². The van der Waals surface area contributed by atoms with E-state index in [4.69, 9.17) is 0 Å². The summed E-state index contributed by atoms with van der Waals surface area (Å²) in [6.07, 6.45) is 2.13. The summed E-state index contributed by atoms with van der Waals surface area (Å²) in [5.74, 6) is 0. The zero-order valence-electron chi connectivity index (χ0n) is 20.3. The summed E-state index contributed by atoms with van der Waals surface area (Å²) in [4.78, 5) is 0. The number of aromatic nitrogens is 2. The Morgan fingerprint density at radius 3 is 2.03 bits per heavy atom. The highest BCUT2D eigenvalue weighted by molar-refractivity contribution is 6.18. The Morgan fingerprint density at radius 1 is 0.500 bits per heavy atom. The fourth-order valence-electron chi connectivity index (χ4n) is 5.51. The molecule has 176 valence electrons. The van der Waals surface area contributed by atoms with Gasteiger partial charge in [0.25, 0.3) is 0 Å². The van der Waals surface area contributed by atoms with E-state index in [1.165, 1.54) is 16.2 Å². The molecule has 7 aromatic rings. The zero-order valence-corrected chi connectivity index (χ0v) is 20.3. The summed E-state index contributed by atoms with van der Waals surface area (Å²) in [5, 5.41) is 22.5. The largest absolute Gasteiger partial charge is 0.316 e. The van der Waals surface area contributed by atoms with Crippen LogP contribution in [0.4, 0.5) is 0 Å². The second kappa shape index (κ2) is 8.52. The van der Waals surface area contributed by atoms with Crippen molar-refractivity contribution >= 4 is 32.7 Å². The van der Waals surface area contributed by atoms with Crippen LogP contribution in [-0.4, -0.2) is 9.13 Å². The Hall–Kier alpha value is -5.58. The lowest BCUT2D eigenvalue weighted by atomic mass is 10.00. The number of nitriles is 2. The van der Waals surface area contributed by atoms with Gasteiger partial charge in [0, 0.05) is 33.7 Å². The average Bonchev–Trinajstić information content (AvgIpc) is 3.57. The molecule has 0 N–H and O–H groups in total. The molecule has 0 amide bonds. The van der Waals surface area contributed by atoms with Gasteiger partial charge in [-0.25, -0.2) is 0 Å². The van der Waals surface area contributed by atoms with Crippen LogP contribution in [0.1, 0.15) is 11.1 Å². The highest BCUT2D eigenvalue weighted by Crippen LogP contribution is 2.38. The molecule has 0 bridgehead atoms. The standard InChI is InChI=1S/C34H20N4/c35-21-23-17-24(22-36)19-26(18-23)25-7-6-10-28(20-25)38-33-12-5-4-11-29(33)30-13-14-32-31(34(30)38)15-16-37(32)27-8-2-1-3-9-27/h1-20H. The van der Waals surface area contributed by atoms with Crippen LogP contribution in [0, 0.1) is 22.7 Å². The Morgan fingerprint density at radius 2 is 1.24 bits per heavy atom. The third kappa shape index (κ3) is 3.29. The highest BCUT2D eigenvalue weighted by atomic mass is 15.0. The Balaban J connectivity index is 1.52. The van der Waals surface area contributed by atoms with Gasteiger partial charge >= 0.3 is 0 Å². The predicted molar refractivity (Wildman–Crippen MR) is 152 cm³/mol. The molecule has 0 unspecified atom stereocenters. The molecule has 0 aliphatic heterocycles. The van der Waals surface area contributed by atoms with Crippen molar-refractivity contribution in [3.05, 3.63) is 133 Å². The van der Waals surface area contributed by atoms with Crippen LogP contribution in [-0.2, 0) is 0 Å². The smallest absolute Gasteiger partial charge is 0.0992 e. The lowest BCUT2D eigenvalue weighted by Gasteiger charge is -2.12. The van der Waals surface area contributed by atoms with Crippen molar-refractivity contribution in [2.45, 2.75) is 0 Å². The van der Waals surface area contributed by atoms with Crippen LogP contribution in [0.5, 0.6) is 0 Å². The minimum Gasteiger partial charge on any atom is -0.316 e. The second-order valence-corrected chi connectivity index (χ2v) is 9.34. The van der Waals surface area contributed by atoms with Gasteiger partial charge in [-0.3, -0.25) is 0 Å². The summed E-state index contributed by atoms with van der Waals surface area (Å²) >= 11 is 0. The SMILES string of the molecule is N#Cc1cc(C#N)cc(-c2cccc(-n3c4ccccc4c4ccc5c(ccn5-c5ccccc5)c43)c2)c1. The van der Waals surface area contributed by atoms with Gasteiger partial charge in [0.05, 0.1) is 39.8 Å². The molecule has 0 radical (unpaired) electrons. The molecule has 4 heteroatoms. The van der Waals surface area contributed by atoms with Crippen LogP contribution < -0.4 is 0 Å². The third-order valence-electron chi connectivity index (χ3n) is 7.17. The number of hydrogen-bond acceptors (Lipinski definition) is 2. The van der Waals surface area contributed by atoms with Crippen LogP contribution in [0.15, 0.2) is 121 Å². The summed E-state index contributed by atoms with van der Waals surface area (Å²) < 4.78 is 4.55. The molecule has 2 heterocycles. The summed E-state index contributed by atoms with van der Waals surface area (Å²) in [7, 11) is 0. The first-order valence-electron chi connectivity index (χ1n) is 12.4. The average molecular weight is 485 g/mol. The number of nitrogens with zero attached hydrogens (tertiary/aromatic N) is 4. The topological polar surface area (TPSA) is 57.4 Å². The lowest BCUT2D eigenvalue weighted by molar-refractivity contribution is 1.13. The van der Waals surface area contributed by atoms with E-state index in [0.717, 1.165) is 39.1 Å². The number of rotatable bonds is 3. The van der Waals surface area contributed by atoms with Crippen molar-refractivity contribution in [3.8, 4) is 34.6 Å². The zero-order chi connectivity index (χ0) is 25.6. The fraction of sp³-hybridized carbons (Fsp3) is 0. The molecular weight excluding hydrogens is 464 g/mol. The normalized spacial score (nSPS) is 11.1. The van der Waals surface area contributed by atoms with Gasteiger partial charge in [-0.1, -0.05) is 54.6 Å². The third-order valence-corrected chi connectivity index (χ3v) is 7.17. The summed E-state index contributed by atoms with van der Waals surface area (Å²) in [5.41, 5.74) is 8.33. The van der Waals surface area contributed by atoms with Crippen LogP contribution in [0.2, 0.25) is 0 Å². The molecule has 0 saturated carbocycles. The van der Waals surface area contributed by atoms with Crippen molar-refractivity contribution < 1.29 is 0 Å². The monoisotopic (exact) mass is 484 g/mol.